The van der Waals surface area contributed by atoms with Gasteiger partial charge in [-0.05, 0) is 38.4 Å². The second-order valence-corrected chi connectivity index (χ2v) is 6.03. The number of ketones is 1. The fourth-order valence-corrected chi connectivity index (χ4v) is 3.70. The summed E-state index contributed by atoms with van der Waals surface area (Å²) < 4.78 is 5.22. The van der Waals surface area contributed by atoms with Gasteiger partial charge in [0.1, 0.15) is 0 Å². The van der Waals surface area contributed by atoms with Crippen LogP contribution in [0, 0.1) is 5.92 Å². The highest BCUT2D eigenvalue weighted by molar-refractivity contribution is 8.01. The van der Waals surface area contributed by atoms with E-state index < -0.39 is 0 Å². The minimum atomic E-state index is -0.0675. The maximum Gasteiger partial charge on any atom is 0.151 e. The summed E-state index contributed by atoms with van der Waals surface area (Å²) >= 11 is 1.86. The van der Waals surface area contributed by atoms with Crippen molar-refractivity contribution in [3.63, 3.8) is 0 Å². The summed E-state index contributed by atoms with van der Waals surface area (Å²) in [4.78, 5) is 12.2. The number of Topliss-reactive ketones (excluding diaryl/α,β-unsaturated/α-hetero) is 1. The minimum Gasteiger partial charge on any atom is -0.381 e. The van der Waals surface area contributed by atoms with Crippen molar-refractivity contribution in [1.82, 2.24) is 0 Å². The number of thioether (sulfide) groups is 1. The van der Waals surface area contributed by atoms with Gasteiger partial charge in [0.25, 0.3) is 0 Å². The van der Waals surface area contributed by atoms with Gasteiger partial charge in [-0.25, -0.2) is 0 Å². The van der Waals surface area contributed by atoms with E-state index in [-0.39, 0.29) is 10.7 Å². The van der Waals surface area contributed by atoms with Crippen LogP contribution in [0.25, 0.3) is 0 Å². The van der Waals surface area contributed by atoms with E-state index in [0.29, 0.717) is 5.78 Å². The highest BCUT2D eigenvalue weighted by Gasteiger charge is 2.40. The highest BCUT2D eigenvalue weighted by atomic mass is 32.2. The molecule has 3 heteroatoms. The molecule has 2 saturated heterocycles. The quantitative estimate of drug-likeness (QED) is 0.705. The first-order valence-electron chi connectivity index (χ1n) is 5.48. The molecule has 2 heterocycles. The number of ether oxygens (including phenoxy) is 1. The van der Waals surface area contributed by atoms with E-state index in [1.54, 1.807) is 0 Å². The lowest BCUT2D eigenvalue weighted by molar-refractivity contribution is -0.127. The lowest BCUT2D eigenvalue weighted by Gasteiger charge is -2.29. The Morgan fingerprint density at radius 1 is 1.43 bits per heavy atom. The van der Waals surface area contributed by atoms with Crippen LogP contribution in [0.2, 0.25) is 0 Å². The Morgan fingerprint density at radius 3 is 2.71 bits per heavy atom. The Kier molecular flexibility index (Phi) is 3.17. The zero-order valence-corrected chi connectivity index (χ0v) is 9.57. The lowest BCUT2D eigenvalue weighted by atomic mass is 9.86. The molecule has 14 heavy (non-hydrogen) atoms. The second-order valence-electron chi connectivity index (χ2n) is 4.43. The monoisotopic (exact) mass is 214 g/mol. The molecule has 0 saturated carbocycles. The normalized spacial score (nSPS) is 34.6. The second kappa shape index (κ2) is 4.23. The predicted molar refractivity (Wildman–Crippen MR) is 58.6 cm³/mol. The summed E-state index contributed by atoms with van der Waals surface area (Å²) in [5, 5.41) is 0. The van der Waals surface area contributed by atoms with E-state index in [2.05, 4.69) is 6.92 Å². The van der Waals surface area contributed by atoms with Gasteiger partial charge < -0.3 is 4.74 Å². The molecule has 0 aromatic rings. The van der Waals surface area contributed by atoms with E-state index in [1.807, 2.05) is 11.8 Å². The van der Waals surface area contributed by atoms with E-state index in [4.69, 9.17) is 4.74 Å². The van der Waals surface area contributed by atoms with Crippen molar-refractivity contribution in [2.75, 3.05) is 19.0 Å². The van der Waals surface area contributed by atoms with Gasteiger partial charge in [-0.1, -0.05) is 0 Å². The van der Waals surface area contributed by atoms with Crippen LogP contribution >= 0.6 is 11.8 Å². The summed E-state index contributed by atoms with van der Waals surface area (Å²) in [6, 6.07) is 0. The van der Waals surface area contributed by atoms with Crippen LogP contribution in [0.4, 0.5) is 0 Å². The summed E-state index contributed by atoms with van der Waals surface area (Å²) in [5.74, 6) is 1.92. The van der Waals surface area contributed by atoms with Gasteiger partial charge >= 0.3 is 0 Å². The molecule has 2 fully saturated rings. The summed E-state index contributed by atoms with van der Waals surface area (Å²) in [6.07, 6.45) is 4.16. The van der Waals surface area contributed by atoms with E-state index in [1.165, 1.54) is 6.42 Å². The van der Waals surface area contributed by atoms with Crippen LogP contribution in [0.1, 0.15) is 32.6 Å². The molecular formula is C11H18O2S. The third-order valence-electron chi connectivity index (χ3n) is 3.33. The van der Waals surface area contributed by atoms with Crippen molar-refractivity contribution in [3.8, 4) is 0 Å². The Morgan fingerprint density at radius 2 is 2.14 bits per heavy atom. The van der Waals surface area contributed by atoms with Gasteiger partial charge in [-0.15, -0.1) is 11.8 Å². The van der Waals surface area contributed by atoms with E-state index in [0.717, 1.165) is 38.2 Å². The third kappa shape index (κ3) is 1.98. The molecule has 1 unspecified atom stereocenters. The molecule has 0 aliphatic carbocycles. The highest BCUT2D eigenvalue weighted by Crippen LogP contribution is 2.41. The average Bonchev–Trinajstić information content (AvgIpc) is 2.67. The maximum atomic E-state index is 12.2. The zero-order chi connectivity index (χ0) is 10.0. The van der Waals surface area contributed by atoms with Crippen LogP contribution < -0.4 is 0 Å². The molecule has 80 valence electrons. The number of hydrogen-bond donors (Lipinski definition) is 0. The Balaban J connectivity index is 1.98. The smallest absolute Gasteiger partial charge is 0.151 e. The number of carbonyl (C=O) groups excluding carboxylic acids is 1. The number of carbonyl (C=O) groups is 1. The fourth-order valence-electron chi connectivity index (χ4n) is 2.36. The SMILES string of the molecule is CC1(C(=O)C2CCOCC2)CCCS1. The molecule has 0 N–H and O–H groups in total. The standard InChI is InChI=1S/C11H18O2S/c1-11(5-2-8-14-11)10(12)9-3-6-13-7-4-9/h9H,2-8H2,1H3. The molecule has 0 radical (unpaired) electrons. The van der Waals surface area contributed by atoms with Crippen LogP contribution in [-0.2, 0) is 9.53 Å². The van der Waals surface area contributed by atoms with Gasteiger partial charge in [0.05, 0.1) is 4.75 Å². The van der Waals surface area contributed by atoms with Crippen LogP contribution in [0.15, 0.2) is 0 Å². The molecule has 0 aromatic heterocycles. The zero-order valence-electron chi connectivity index (χ0n) is 8.75. The maximum absolute atomic E-state index is 12.2. The fraction of sp³-hybridized carbons (Fsp3) is 0.909. The molecule has 0 aromatic carbocycles. The first-order chi connectivity index (χ1) is 6.72. The largest absolute Gasteiger partial charge is 0.381 e. The van der Waals surface area contributed by atoms with Crippen molar-refractivity contribution in [1.29, 1.82) is 0 Å². The molecule has 2 rings (SSSR count). The molecule has 2 nitrogen and oxygen atoms in total. The van der Waals surface area contributed by atoms with E-state index >= 15 is 0 Å². The van der Waals surface area contributed by atoms with Crippen molar-refractivity contribution in [3.05, 3.63) is 0 Å². The predicted octanol–water partition coefficient (Wildman–Crippen LogP) is 2.27. The van der Waals surface area contributed by atoms with Crippen molar-refractivity contribution >= 4 is 17.5 Å². The van der Waals surface area contributed by atoms with E-state index in [9.17, 15) is 4.79 Å². The number of rotatable bonds is 2. The van der Waals surface area contributed by atoms with Gasteiger partial charge in [0, 0.05) is 19.1 Å². The molecule has 0 amide bonds. The minimum absolute atomic E-state index is 0.0675. The molecular weight excluding hydrogens is 196 g/mol. The summed E-state index contributed by atoms with van der Waals surface area (Å²) in [7, 11) is 0. The number of hydrogen-bond acceptors (Lipinski definition) is 3. The average molecular weight is 214 g/mol. The molecule has 2 aliphatic rings. The first-order valence-corrected chi connectivity index (χ1v) is 6.47. The molecule has 2 aliphatic heterocycles. The van der Waals surface area contributed by atoms with Gasteiger partial charge in [0.15, 0.2) is 5.78 Å². The Hall–Kier alpha value is -0.0200. The first kappa shape index (κ1) is 10.5. The van der Waals surface area contributed by atoms with Gasteiger partial charge in [0.2, 0.25) is 0 Å². The molecule has 0 bridgehead atoms. The van der Waals surface area contributed by atoms with Crippen molar-refractivity contribution in [2.45, 2.75) is 37.4 Å². The van der Waals surface area contributed by atoms with Crippen LogP contribution in [-0.4, -0.2) is 29.5 Å². The topological polar surface area (TPSA) is 26.3 Å². The molecule has 1 atom stereocenters. The van der Waals surface area contributed by atoms with Crippen molar-refractivity contribution < 1.29 is 9.53 Å². The van der Waals surface area contributed by atoms with Crippen LogP contribution in [0.5, 0.6) is 0 Å². The Labute approximate surface area is 89.8 Å². The summed E-state index contributed by atoms with van der Waals surface area (Å²) in [5.41, 5.74) is 0. The van der Waals surface area contributed by atoms with Gasteiger partial charge in [-0.3, -0.25) is 4.79 Å². The third-order valence-corrected chi connectivity index (χ3v) is 4.87. The van der Waals surface area contributed by atoms with Crippen LogP contribution in [0.3, 0.4) is 0 Å². The Bertz CT molecular complexity index is 215. The van der Waals surface area contributed by atoms with Crippen molar-refractivity contribution in [2.24, 2.45) is 5.92 Å². The lowest BCUT2D eigenvalue weighted by Crippen LogP contribution is -2.37. The summed E-state index contributed by atoms with van der Waals surface area (Å²) in [6.45, 7) is 3.68. The molecule has 0 spiro atoms. The van der Waals surface area contributed by atoms with Gasteiger partial charge in [-0.2, -0.15) is 0 Å².